The Kier molecular flexibility index (Phi) is 4.91. The summed E-state index contributed by atoms with van der Waals surface area (Å²) in [4.78, 5) is 14.1. The molecule has 18 heavy (non-hydrogen) atoms. The summed E-state index contributed by atoms with van der Waals surface area (Å²) in [6.07, 6.45) is 0. The largest absolute Gasteiger partial charge is 0.340 e. The van der Waals surface area contributed by atoms with Crippen LogP contribution in [-0.2, 0) is 11.3 Å². The van der Waals surface area contributed by atoms with Crippen LogP contribution in [0.4, 0.5) is 0 Å². The van der Waals surface area contributed by atoms with Crippen molar-refractivity contribution < 1.29 is 4.79 Å². The van der Waals surface area contributed by atoms with Gasteiger partial charge in [0.1, 0.15) is 0 Å². The topological polar surface area (TPSA) is 32.3 Å². The van der Waals surface area contributed by atoms with Crippen LogP contribution < -0.4 is 5.32 Å². The molecule has 0 spiro atoms. The fourth-order valence-electron chi connectivity index (χ4n) is 2.03. The van der Waals surface area contributed by atoms with Gasteiger partial charge < -0.3 is 10.2 Å². The summed E-state index contributed by atoms with van der Waals surface area (Å²) >= 11 is 0. The Labute approximate surface area is 110 Å². The molecule has 0 saturated carbocycles. The Hall–Kier alpha value is -1.35. The number of nitrogens with one attached hydrogen (secondary N) is 1. The lowest BCUT2D eigenvalue weighted by Gasteiger charge is -2.30. The number of aryl methyl sites for hydroxylation is 1. The molecule has 0 aliphatic carbocycles. The van der Waals surface area contributed by atoms with Crippen molar-refractivity contribution in [2.45, 2.75) is 39.8 Å². The van der Waals surface area contributed by atoms with Gasteiger partial charge in [0.05, 0.1) is 5.54 Å². The molecule has 3 nitrogen and oxygen atoms in total. The van der Waals surface area contributed by atoms with Crippen molar-refractivity contribution >= 4 is 5.91 Å². The minimum Gasteiger partial charge on any atom is -0.340 e. The molecule has 0 radical (unpaired) electrons. The fraction of sp³-hybridized carbons (Fsp3) is 0.533. The van der Waals surface area contributed by atoms with Crippen LogP contribution in [0.2, 0.25) is 0 Å². The van der Waals surface area contributed by atoms with Crippen LogP contribution in [0.15, 0.2) is 24.3 Å². The quantitative estimate of drug-likeness (QED) is 0.867. The second-order valence-electron chi connectivity index (χ2n) is 5.30. The lowest BCUT2D eigenvalue weighted by molar-refractivity contribution is -0.136. The highest BCUT2D eigenvalue weighted by atomic mass is 16.2. The van der Waals surface area contributed by atoms with Crippen molar-refractivity contribution in [3.63, 3.8) is 0 Å². The van der Waals surface area contributed by atoms with Gasteiger partial charge in [-0.05, 0) is 32.9 Å². The molecule has 3 heteroatoms. The maximum Gasteiger partial charge on any atom is 0.242 e. The molecule has 0 unspecified atom stereocenters. The van der Waals surface area contributed by atoms with Gasteiger partial charge >= 0.3 is 0 Å². The predicted molar refractivity (Wildman–Crippen MR) is 75.4 cm³/mol. The maximum atomic E-state index is 12.3. The summed E-state index contributed by atoms with van der Waals surface area (Å²) in [6.45, 7) is 9.35. The smallest absolute Gasteiger partial charge is 0.242 e. The first-order valence-electron chi connectivity index (χ1n) is 6.43. The van der Waals surface area contributed by atoms with Crippen LogP contribution in [0.3, 0.4) is 0 Å². The first-order valence-corrected chi connectivity index (χ1v) is 6.43. The third-order valence-electron chi connectivity index (χ3n) is 3.04. The van der Waals surface area contributed by atoms with E-state index in [4.69, 9.17) is 0 Å². The van der Waals surface area contributed by atoms with E-state index >= 15 is 0 Å². The number of rotatable bonds is 5. The number of carbonyl (C=O) groups excluding carboxylic acids is 1. The van der Waals surface area contributed by atoms with Crippen LogP contribution >= 0.6 is 0 Å². The first-order chi connectivity index (χ1) is 8.36. The molecule has 0 saturated heterocycles. The fourth-order valence-corrected chi connectivity index (χ4v) is 2.03. The van der Waals surface area contributed by atoms with Crippen molar-refractivity contribution in [1.29, 1.82) is 0 Å². The standard InChI is InChI=1S/C15H24N2O/c1-6-16-15(3,4)14(18)17(5)11-13-9-7-12(2)8-10-13/h7-10,16H,6,11H2,1-5H3. The predicted octanol–water partition coefficient (Wildman–Crippen LogP) is 2.34. The van der Waals surface area contributed by atoms with E-state index in [1.54, 1.807) is 4.90 Å². The molecule has 1 N–H and O–H groups in total. The number of carbonyl (C=O) groups is 1. The second kappa shape index (κ2) is 6.01. The normalized spacial score (nSPS) is 11.4. The third-order valence-corrected chi connectivity index (χ3v) is 3.04. The zero-order valence-electron chi connectivity index (χ0n) is 12.1. The Morgan fingerprint density at radius 1 is 1.28 bits per heavy atom. The number of benzene rings is 1. The van der Waals surface area contributed by atoms with Gasteiger partial charge in [0, 0.05) is 13.6 Å². The van der Waals surface area contributed by atoms with Gasteiger partial charge in [-0.15, -0.1) is 0 Å². The Morgan fingerprint density at radius 2 is 1.83 bits per heavy atom. The van der Waals surface area contributed by atoms with E-state index in [9.17, 15) is 4.79 Å². The van der Waals surface area contributed by atoms with E-state index in [0.29, 0.717) is 6.54 Å². The lowest BCUT2D eigenvalue weighted by atomic mass is 10.0. The van der Waals surface area contributed by atoms with E-state index in [0.717, 1.165) is 12.1 Å². The third kappa shape index (κ3) is 3.84. The van der Waals surface area contributed by atoms with E-state index in [2.05, 4.69) is 36.5 Å². The van der Waals surface area contributed by atoms with Gasteiger partial charge in [-0.25, -0.2) is 0 Å². The zero-order chi connectivity index (χ0) is 13.8. The molecule has 0 aromatic heterocycles. The molecule has 0 bridgehead atoms. The summed E-state index contributed by atoms with van der Waals surface area (Å²) in [5, 5.41) is 3.21. The summed E-state index contributed by atoms with van der Waals surface area (Å²) in [5.41, 5.74) is 1.89. The first kappa shape index (κ1) is 14.7. The van der Waals surface area contributed by atoms with E-state index in [-0.39, 0.29) is 5.91 Å². The van der Waals surface area contributed by atoms with Crippen LogP contribution in [0.1, 0.15) is 31.9 Å². The van der Waals surface area contributed by atoms with Crippen molar-refractivity contribution in [3.8, 4) is 0 Å². The van der Waals surface area contributed by atoms with Gasteiger partial charge in [-0.1, -0.05) is 36.8 Å². The van der Waals surface area contributed by atoms with Crippen LogP contribution in [0.25, 0.3) is 0 Å². The maximum absolute atomic E-state index is 12.3. The summed E-state index contributed by atoms with van der Waals surface area (Å²) in [6, 6.07) is 8.28. The SMILES string of the molecule is CCNC(C)(C)C(=O)N(C)Cc1ccc(C)cc1. The molecule has 0 aliphatic rings. The highest BCUT2D eigenvalue weighted by molar-refractivity contribution is 5.85. The highest BCUT2D eigenvalue weighted by Crippen LogP contribution is 2.11. The minimum absolute atomic E-state index is 0.116. The molecule has 0 atom stereocenters. The summed E-state index contributed by atoms with van der Waals surface area (Å²) in [7, 11) is 1.85. The van der Waals surface area contributed by atoms with Crippen molar-refractivity contribution in [3.05, 3.63) is 35.4 Å². The van der Waals surface area contributed by atoms with Crippen LogP contribution in [0.5, 0.6) is 0 Å². The molecule has 1 amide bonds. The molecule has 1 aromatic carbocycles. The van der Waals surface area contributed by atoms with E-state index in [1.165, 1.54) is 5.56 Å². The number of hydrogen-bond acceptors (Lipinski definition) is 2. The minimum atomic E-state index is -0.506. The van der Waals surface area contributed by atoms with Gasteiger partial charge in [0.2, 0.25) is 5.91 Å². The van der Waals surface area contributed by atoms with Crippen molar-refractivity contribution in [2.24, 2.45) is 0 Å². The van der Waals surface area contributed by atoms with E-state index in [1.807, 2.05) is 27.8 Å². The Bertz CT molecular complexity index is 395. The zero-order valence-corrected chi connectivity index (χ0v) is 12.1. The highest BCUT2D eigenvalue weighted by Gasteiger charge is 2.29. The van der Waals surface area contributed by atoms with Gasteiger partial charge in [-0.2, -0.15) is 0 Å². The molecular weight excluding hydrogens is 224 g/mol. The monoisotopic (exact) mass is 248 g/mol. The Morgan fingerprint density at radius 3 is 2.33 bits per heavy atom. The second-order valence-corrected chi connectivity index (χ2v) is 5.30. The molecule has 1 rings (SSSR count). The van der Waals surface area contributed by atoms with E-state index < -0.39 is 5.54 Å². The lowest BCUT2D eigenvalue weighted by Crippen LogP contribution is -2.52. The van der Waals surface area contributed by atoms with Gasteiger partial charge in [-0.3, -0.25) is 4.79 Å². The number of amides is 1. The van der Waals surface area contributed by atoms with Crippen molar-refractivity contribution in [1.82, 2.24) is 10.2 Å². The number of hydrogen-bond donors (Lipinski definition) is 1. The van der Waals surface area contributed by atoms with Gasteiger partial charge in [0.15, 0.2) is 0 Å². The molecule has 1 aromatic rings. The van der Waals surface area contributed by atoms with Crippen molar-refractivity contribution in [2.75, 3.05) is 13.6 Å². The molecular formula is C15H24N2O. The number of nitrogens with zero attached hydrogens (tertiary/aromatic N) is 1. The molecule has 100 valence electrons. The summed E-state index contributed by atoms with van der Waals surface area (Å²) < 4.78 is 0. The molecule has 0 heterocycles. The number of likely N-dealkylation sites (N-methyl/N-ethyl adjacent to an activating group) is 2. The van der Waals surface area contributed by atoms with Gasteiger partial charge in [0.25, 0.3) is 0 Å². The Balaban J connectivity index is 2.67. The molecule has 0 aliphatic heterocycles. The average Bonchev–Trinajstić information content (AvgIpc) is 2.31. The molecule has 0 fully saturated rings. The van der Waals surface area contributed by atoms with Crippen LogP contribution in [0, 0.1) is 6.92 Å². The average molecular weight is 248 g/mol. The summed E-state index contributed by atoms with van der Waals surface area (Å²) in [5.74, 6) is 0.116. The van der Waals surface area contributed by atoms with Crippen LogP contribution in [-0.4, -0.2) is 29.9 Å².